The maximum absolute atomic E-state index is 13.4. The first kappa shape index (κ1) is 43.0. The Morgan fingerprint density at radius 3 is 2.10 bits per heavy atom. The second-order valence-electron chi connectivity index (χ2n) is 12.8. The molecule has 0 unspecified atom stereocenters. The van der Waals surface area contributed by atoms with E-state index in [-0.39, 0.29) is 31.7 Å². The van der Waals surface area contributed by atoms with E-state index in [1.165, 1.54) is 19.4 Å². The Labute approximate surface area is 298 Å². The number of hydrogen-bond acceptors (Lipinski definition) is 12. The number of amides is 6. The molecule has 0 spiro atoms. The Balaban J connectivity index is 2.17. The average Bonchev–Trinajstić information content (AvgIpc) is 3.78. The molecule has 0 aliphatic carbocycles. The van der Waals surface area contributed by atoms with Crippen LogP contribution in [0.1, 0.15) is 58.6 Å². The van der Waals surface area contributed by atoms with Crippen molar-refractivity contribution in [1.82, 2.24) is 41.5 Å². The van der Waals surface area contributed by atoms with Crippen molar-refractivity contribution in [3.63, 3.8) is 0 Å². The highest BCUT2D eigenvalue weighted by Gasteiger charge is 2.40. The number of aliphatic hydroxyl groups excluding tert-OH is 2. The number of imidazole rings is 1. The number of carboxylic acids is 2. The molecule has 7 atom stereocenters. The highest BCUT2D eigenvalue weighted by molar-refractivity contribution is 5.97. The van der Waals surface area contributed by atoms with E-state index >= 15 is 0 Å². The number of H-pyrrole nitrogens is 1. The minimum Gasteiger partial charge on any atom is -0.481 e. The van der Waals surface area contributed by atoms with Crippen LogP contribution in [0.5, 0.6) is 0 Å². The first-order valence-electron chi connectivity index (χ1n) is 16.7. The topological polar surface area (TPSA) is 336 Å². The van der Waals surface area contributed by atoms with Crippen molar-refractivity contribution in [1.29, 1.82) is 0 Å². The van der Waals surface area contributed by atoms with Crippen molar-refractivity contribution in [2.45, 2.75) is 102 Å². The lowest BCUT2D eigenvalue weighted by atomic mass is 10.0. The van der Waals surface area contributed by atoms with Gasteiger partial charge in [-0.15, -0.1) is 0 Å². The Morgan fingerprint density at radius 1 is 0.923 bits per heavy atom. The zero-order valence-corrected chi connectivity index (χ0v) is 29.2. The van der Waals surface area contributed by atoms with Gasteiger partial charge in [-0.1, -0.05) is 13.8 Å². The highest BCUT2D eigenvalue weighted by atomic mass is 16.4. The number of aromatic nitrogens is 2. The van der Waals surface area contributed by atoms with E-state index in [0.29, 0.717) is 12.1 Å². The number of hydrogen-bond donors (Lipinski definition) is 11. The summed E-state index contributed by atoms with van der Waals surface area (Å²) >= 11 is 0. The van der Waals surface area contributed by atoms with Gasteiger partial charge in [0.2, 0.25) is 35.4 Å². The average molecular weight is 740 g/mol. The molecule has 2 rings (SSSR count). The minimum atomic E-state index is -1.76. The molecule has 0 bridgehead atoms. The number of nitrogens with two attached hydrogens (primary N) is 1. The summed E-state index contributed by atoms with van der Waals surface area (Å²) in [5, 5.41) is 50.1. The lowest BCUT2D eigenvalue weighted by Gasteiger charge is -2.31. The number of likely N-dealkylation sites (tertiary alicyclic amines) is 1. The van der Waals surface area contributed by atoms with Gasteiger partial charge in [-0.05, 0) is 38.5 Å². The summed E-state index contributed by atoms with van der Waals surface area (Å²) in [5.41, 5.74) is 6.58. The van der Waals surface area contributed by atoms with Crippen LogP contribution in [0.15, 0.2) is 12.5 Å². The van der Waals surface area contributed by atoms with Crippen LogP contribution in [0.25, 0.3) is 0 Å². The molecule has 1 fully saturated rings. The van der Waals surface area contributed by atoms with Gasteiger partial charge in [0.25, 0.3) is 0 Å². The number of aromatic amines is 1. The number of aliphatic carboxylic acids is 2. The van der Waals surface area contributed by atoms with Crippen LogP contribution in [0, 0.1) is 5.92 Å². The molecular weight excluding hydrogens is 690 g/mol. The van der Waals surface area contributed by atoms with Gasteiger partial charge in [0, 0.05) is 31.3 Å². The van der Waals surface area contributed by atoms with E-state index in [9.17, 15) is 53.7 Å². The van der Waals surface area contributed by atoms with E-state index in [1.807, 2.05) is 0 Å². The number of rotatable bonds is 21. The maximum Gasteiger partial charge on any atom is 0.322 e. The standard InChI is InChI=1S/C31H49N9O12/c1-15(2)9-20(37-26(47)18(32)10-17-11-33-14-35-17)28(49)36-19(6-7-23(43)44)27(48)38-21(13-41)29(50)39-25(16(3)42)31(52)40-8-4-5-22(40)30(51)34-12-24(45)46/h11,14-16,18-22,25,41-42H,4-10,12-13,32H2,1-3H3,(H,33,35)(H,34,51)(H,36,49)(H,37,47)(H,38,48)(H,39,50)(H,43,44)(H,45,46)/t16-,18+,19+,20+,21+,22+,25+/m1/s1. The molecule has 2 heterocycles. The number of nitrogens with one attached hydrogen (secondary N) is 6. The Morgan fingerprint density at radius 2 is 1.54 bits per heavy atom. The fraction of sp³-hybridized carbons (Fsp3) is 0.645. The van der Waals surface area contributed by atoms with Gasteiger partial charge < -0.3 is 62.6 Å². The van der Waals surface area contributed by atoms with E-state index in [0.717, 1.165) is 4.90 Å². The zero-order valence-electron chi connectivity index (χ0n) is 29.2. The van der Waals surface area contributed by atoms with Gasteiger partial charge in [0.05, 0.1) is 25.1 Å². The summed E-state index contributed by atoms with van der Waals surface area (Å²) in [4.78, 5) is 109. The number of carboxylic acid groups (broad SMARTS) is 2. The molecule has 21 nitrogen and oxygen atoms in total. The van der Waals surface area contributed by atoms with Crippen molar-refractivity contribution in [3.8, 4) is 0 Å². The summed E-state index contributed by atoms with van der Waals surface area (Å²) in [6, 6.07) is -8.33. The number of carbonyl (C=O) groups excluding carboxylic acids is 6. The molecule has 1 aliphatic rings. The SMILES string of the molecule is CC(C)C[C@H](NC(=O)[C@@H](N)Cc1cnc[nH]1)C(=O)N[C@@H](CCC(=O)O)C(=O)N[C@@H](CO)C(=O)N[C@H](C(=O)N1CCC[C@H]1C(=O)NCC(=O)O)[C@@H](C)O. The van der Waals surface area contributed by atoms with E-state index in [1.54, 1.807) is 13.8 Å². The molecule has 6 amide bonds. The van der Waals surface area contributed by atoms with Gasteiger partial charge in [-0.3, -0.25) is 38.4 Å². The lowest BCUT2D eigenvalue weighted by molar-refractivity contribution is -0.145. The van der Waals surface area contributed by atoms with Gasteiger partial charge in [-0.25, -0.2) is 4.98 Å². The zero-order chi connectivity index (χ0) is 39.1. The molecular formula is C31H49N9O12. The molecule has 1 saturated heterocycles. The Kier molecular flexibility index (Phi) is 17.1. The molecule has 290 valence electrons. The third kappa shape index (κ3) is 13.5. The fourth-order valence-electron chi connectivity index (χ4n) is 5.39. The van der Waals surface area contributed by atoms with Crippen LogP contribution in [-0.2, 0) is 44.8 Å². The monoisotopic (exact) mass is 739 g/mol. The highest BCUT2D eigenvalue weighted by Crippen LogP contribution is 2.19. The third-order valence-corrected chi connectivity index (χ3v) is 8.07. The summed E-state index contributed by atoms with van der Waals surface area (Å²) in [6.07, 6.45) is 1.06. The van der Waals surface area contributed by atoms with Crippen molar-refractivity contribution in [2.75, 3.05) is 19.7 Å². The van der Waals surface area contributed by atoms with E-state index in [2.05, 4.69) is 36.6 Å². The maximum atomic E-state index is 13.4. The minimum absolute atomic E-state index is 0.0582. The first-order chi connectivity index (χ1) is 24.4. The number of carbonyl (C=O) groups is 8. The number of nitrogens with zero attached hydrogens (tertiary/aromatic N) is 2. The van der Waals surface area contributed by atoms with E-state index < -0.39 is 116 Å². The summed E-state index contributed by atoms with van der Waals surface area (Å²) in [5.74, 6) is -8.11. The lowest BCUT2D eigenvalue weighted by Crippen LogP contribution is -2.62. The smallest absolute Gasteiger partial charge is 0.322 e. The molecule has 1 aromatic rings. The molecule has 12 N–H and O–H groups in total. The first-order valence-corrected chi connectivity index (χ1v) is 16.7. The molecule has 0 aromatic carbocycles. The van der Waals surface area contributed by atoms with Crippen molar-refractivity contribution < 1.29 is 58.8 Å². The van der Waals surface area contributed by atoms with Gasteiger partial charge in [-0.2, -0.15) is 0 Å². The summed E-state index contributed by atoms with van der Waals surface area (Å²) in [7, 11) is 0. The third-order valence-electron chi connectivity index (χ3n) is 8.07. The Hall–Kier alpha value is -5.15. The van der Waals surface area contributed by atoms with Gasteiger partial charge in [0.1, 0.15) is 36.8 Å². The molecule has 0 saturated carbocycles. The second kappa shape index (κ2) is 20.6. The van der Waals surface area contributed by atoms with E-state index in [4.69, 9.17) is 10.8 Å². The molecule has 0 radical (unpaired) electrons. The largest absolute Gasteiger partial charge is 0.481 e. The molecule has 21 heteroatoms. The van der Waals surface area contributed by atoms with Crippen LogP contribution in [0.2, 0.25) is 0 Å². The normalized spacial score (nSPS) is 17.5. The van der Waals surface area contributed by atoms with Gasteiger partial charge in [0.15, 0.2) is 0 Å². The number of aliphatic hydroxyl groups is 2. The molecule has 52 heavy (non-hydrogen) atoms. The van der Waals surface area contributed by atoms with Crippen molar-refractivity contribution in [3.05, 3.63) is 18.2 Å². The van der Waals surface area contributed by atoms with Crippen LogP contribution in [0.4, 0.5) is 0 Å². The molecule has 1 aliphatic heterocycles. The van der Waals surface area contributed by atoms with Crippen LogP contribution < -0.4 is 32.3 Å². The quantitative estimate of drug-likeness (QED) is 0.0568. The fourth-order valence-corrected chi connectivity index (χ4v) is 5.39. The van der Waals surface area contributed by atoms with Crippen molar-refractivity contribution in [2.24, 2.45) is 11.7 Å². The predicted octanol–water partition coefficient (Wildman–Crippen LogP) is -4.31. The van der Waals surface area contributed by atoms with Crippen LogP contribution in [0.3, 0.4) is 0 Å². The van der Waals surface area contributed by atoms with Crippen LogP contribution >= 0.6 is 0 Å². The van der Waals surface area contributed by atoms with Crippen LogP contribution in [-0.4, -0.2) is 145 Å². The molecule has 1 aromatic heterocycles. The van der Waals surface area contributed by atoms with Crippen molar-refractivity contribution >= 4 is 47.4 Å². The Bertz CT molecular complexity index is 1420. The predicted molar refractivity (Wildman–Crippen MR) is 178 cm³/mol. The summed E-state index contributed by atoms with van der Waals surface area (Å²) in [6.45, 7) is 3.08. The summed E-state index contributed by atoms with van der Waals surface area (Å²) < 4.78 is 0. The van der Waals surface area contributed by atoms with Gasteiger partial charge >= 0.3 is 11.9 Å². The second-order valence-corrected chi connectivity index (χ2v) is 12.8.